The lowest BCUT2D eigenvalue weighted by atomic mass is 10.1. The van der Waals surface area contributed by atoms with E-state index in [1.54, 1.807) is 22.7 Å². The minimum atomic E-state index is -3.75. The maximum Gasteiger partial charge on any atom is 0.256 e. The number of sulfonamides is 1. The molecule has 0 amide bonds. The Morgan fingerprint density at radius 3 is 2.72 bits per heavy atom. The lowest BCUT2D eigenvalue weighted by Gasteiger charge is -2.32. The number of rotatable bonds is 7. The van der Waals surface area contributed by atoms with Crippen LogP contribution in [0.2, 0.25) is 0 Å². The van der Waals surface area contributed by atoms with Crippen LogP contribution in [0, 0.1) is 6.92 Å². The van der Waals surface area contributed by atoms with Gasteiger partial charge in [0.1, 0.15) is 12.7 Å². The molecule has 4 aromatic rings. The van der Waals surface area contributed by atoms with Gasteiger partial charge in [-0.1, -0.05) is 36.0 Å². The van der Waals surface area contributed by atoms with Crippen molar-refractivity contribution in [3.8, 4) is 5.88 Å². The Kier molecular flexibility index (Phi) is 6.77. The van der Waals surface area contributed by atoms with Crippen molar-refractivity contribution in [2.75, 3.05) is 51.6 Å². The van der Waals surface area contributed by atoms with Crippen LogP contribution in [-0.4, -0.2) is 85.1 Å². The van der Waals surface area contributed by atoms with Gasteiger partial charge in [-0.05, 0) is 25.3 Å². The molecule has 0 radical (unpaired) electrons. The van der Waals surface area contributed by atoms with Gasteiger partial charge in [0, 0.05) is 55.4 Å². The predicted molar refractivity (Wildman–Crippen MR) is 140 cm³/mol. The van der Waals surface area contributed by atoms with Gasteiger partial charge in [0.05, 0.1) is 11.5 Å². The molecule has 2 aromatic heterocycles. The highest BCUT2D eigenvalue weighted by Crippen LogP contribution is 2.32. The molecule has 1 saturated heterocycles. The predicted octanol–water partition coefficient (Wildman–Crippen LogP) is 2.84. The molecule has 3 heterocycles. The number of thioether (sulfide) groups is 1. The van der Waals surface area contributed by atoms with E-state index >= 15 is 0 Å². The van der Waals surface area contributed by atoms with Crippen LogP contribution in [0.1, 0.15) is 5.69 Å². The maximum absolute atomic E-state index is 13.7. The van der Waals surface area contributed by atoms with Gasteiger partial charge in [0.15, 0.2) is 0 Å². The second kappa shape index (κ2) is 9.85. The van der Waals surface area contributed by atoms with Crippen molar-refractivity contribution in [3.63, 3.8) is 0 Å². The van der Waals surface area contributed by atoms with E-state index in [4.69, 9.17) is 9.47 Å². The van der Waals surface area contributed by atoms with Crippen molar-refractivity contribution in [1.82, 2.24) is 23.9 Å². The number of hydrogen-bond acceptors (Lipinski definition) is 9. The van der Waals surface area contributed by atoms with Crippen LogP contribution in [0.5, 0.6) is 5.88 Å². The minimum Gasteiger partial charge on any atom is -0.475 e. The largest absolute Gasteiger partial charge is 0.475 e. The second-order valence-corrected chi connectivity index (χ2v) is 11.4. The summed E-state index contributed by atoms with van der Waals surface area (Å²) in [6.07, 6.45) is 1.46. The zero-order chi connectivity index (χ0) is 25.4. The number of aromatic nitrogens is 4. The number of morpholine rings is 1. The summed E-state index contributed by atoms with van der Waals surface area (Å²) in [5.74, 6) is 0.940. The summed E-state index contributed by atoms with van der Waals surface area (Å²) in [6.45, 7) is 2.77. The van der Waals surface area contributed by atoms with Crippen molar-refractivity contribution >= 4 is 44.0 Å². The molecule has 1 aliphatic rings. The van der Waals surface area contributed by atoms with E-state index in [2.05, 4.69) is 15.1 Å². The van der Waals surface area contributed by atoms with Gasteiger partial charge >= 0.3 is 0 Å². The quantitative estimate of drug-likeness (QED) is 0.335. The van der Waals surface area contributed by atoms with Crippen molar-refractivity contribution in [2.24, 2.45) is 0 Å². The van der Waals surface area contributed by atoms with Gasteiger partial charge in [-0.15, -0.1) is 5.10 Å². The van der Waals surface area contributed by atoms with E-state index in [-0.39, 0.29) is 26.3 Å². The SMILES string of the molecule is CSc1nc2nc(C)cc(OCC3CN(S(=O)(=O)c4cccc5c(N(C)C)cccc45)CCO3)n2n1. The summed E-state index contributed by atoms with van der Waals surface area (Å²) >= 11 is 1.42. The summed E-state index contributed by atoms with van der Waals surface area (Å²) < 4.78 is 42.4. The van der Waals surface area contributed by atoms with Crippen molar-refractivity contribution < 1.29 is 17.9 Å². The Balaban J connectivity index is 1.38. The minimum absolute atomic E-state index is 0.166. The van der Waals surface area contributed by atoms with Gasteiger partial charge in [-0.3, -0.25) is 0 Å². The third kappa shape index (κ3) is 4.61. The number of fused-ring (bicyclic) bond motifs is 2. The fourth-order valence-electron chi connectivity index (χ4n) is 4.33. The van der Waals surface area contributed by atoms with E-state index in [0.29, 0.717) is 27.1 Å². The summed E-state index contributed by atoms with van der Waals surface area (Å²) in [6, 6.07) is 12.9. The van der Waals surface area contributed by atoms with Crippen LogP contribution < -0.4 is 9.64 Å². The van der Waals surface area contributed by atoms with Crippen LogP contribution in [0.25, 0.3) is 16.6 Å². The molecule has 0 bridgehead atoms. The third-order valence-electron chi connectivity index (χ3n) is 6.05. The summed E-state index contributed by atoms with van der Waals surface area (Å²) in [4.78, 5) is 11.0. The Bertz CT molecular complexity index is 1520. The molecular formula is C24H28N6O4S2. The van der Waals surface area contributed by atoms with Gasteiger partial charge in [0.2, 0.25) is 21.1 Å². The molecule has 0 aliphatic carbocycles. The van der Waals surface area contributed by atoms with Crippen LogP contribution in [-0.2, 0) is 14.8 Å². The van der Waals surface area contributed by atoms with Crippen LogP contribution in [0.3, 0.4) is 0 Å². The Morgan fingerprint density at radius 1 is 1.17 bits per heavy atom. The van der Waals surface area contributed by atoms with Crippen molar-refractivity contribution in [2.45, 2.75) is 23.1 Å². The van der Waals surface area contributed by atoms with Crippen molar-refractivity contribution in [3.05, 3.63) is 48.2 Å². The topological polar surface area (TPSA) is 102 Å². The average Bonchev–Trinajstić information content (AvgIpc) is 3.29. The molecule has 190 valence electrons. The molecule has 1 fully saturated rings. The molecule has 1 aliphatic heterocycles. The molecule has 2 aromatic carbocycles. The normalized spacial score (nSPS) is 17.1. The second-order valence-electron chi connectivity index (χ2n) is 8.74. The highest BCUT2D eigenvalue weighted by Gasteiger charge is 2.32. The van der Waals surface area contributed by atoms with Crippen LogP contribution in [0.15, 0.2) is 52.5 Å². The highest BCUT2D eigenvalue weighted by atomic mass is 32.2. The number of aryl methyl sites for hydroxylation is 1. The lowest BCUT2D eigenvalue weighted by molar-refractivity contribution is -0.0260. The van der Waals surface area contributed by atoms with E-state index in [1.165, 1.54) is 16.1 Å². The smallest absolute Gasteiger partial charge is 0.256 e. The summed E-state index contributed by atoms with van der Waals surface area (Å²) in [5.41, 5.74) is 1.72. The molecule has 1 atom stereocenters. The number of ether oxygens (including phenoxy) is 2. The molecule has 1 unspecified atom stereocenters. The first-order chi connectivity index (χ1) is 17.3. The van der Waals surface area contributed by atoms with E-state index in [1.807, 2.05) is 56.4 Å². The van der Waals surface area contributed by atoms with Crippen molar-refractivity contribution in [1.29, 1.82) is 0 Å². The molecule has 0 saturated carbocycles. The number of anilines is 1. The molecule has 10 nitrogen and oxygen atoms in total. The number of hydrogen-bond donors (Lipinski definition) is 0. The zero-order valence-corrected chi connectivity index (χ0v) is 22.2. The molecule has 12 heteroatoms. The zero-order valence-electron chi connectivity index (χ0n) is 20.6. The lowest BCUT2D eigenvalue weighted by Crippen LogP contribution is -2.47. The van der Waals surface area contributed by atoms with Crippen LogP contribution in [0.4, 0.5) is 5.69 Å². The summed E-state index contributed by atoms with van der Waals surface area (Å²) in [7, 11) is 0.143. The highest BCUT2D eigenvalue weighted by molar-refractivity contribution is 7.98. The fourth-order valence-corrected chi connectivity index (χ4v) is 6.33. The summed E-state index contributed by atoms with van der Waals surface area (Å²) in [5, 5.41) is 6.60. The van der Waals surface area contributed by atoms with E-state index in [0.717, 1.165) is 16.8 Å². The molecule has 5 rings (SSSR count). The van der Waals surface area contributed by atoms with Crippen LogP contribution >= 0.6 is 11.8 Å². The number of benzene rings is 2. The monoisotopic (exact) mass is 528 g/mol. The molecule has 0 N–H and O–H groups in total. The molecule has 36 heavy (non-hydrogen) atoms. The maximum atomic E-state index is 13.7. The average molecular weight is 529 g/mol. The van der Waals surface area contributed by atoms with E-state index < -0.39 is 16.1 Å². The first-order valence-electron chi connectivity index (χ1n) is 11.5. The molecular weight excluding hydrogens is 500 g/mol. The van der Waals surface area contributed by atoms with Gasteiger partial charge in [-0.25, -0.2) is 13.4 Å². The third-order valence-corrected chi connectivity index (χ3v) is 8.51. The number of nitrogens with zero attached hydrogens (tertiary/aromatic N) is 6. The van der Waals surface area contributed by atoms with Gasteiger partial charge in [0.25, 0.3) is 5.78 Å². The van der Waals surface area contributed by atoms with Gasteiger partial charge in [-0.2, -0.15) is 13.8 Å². The van der Waals surface area contributed by atoms with Gasteiger partial charge < -0.3 is 14.4 Å². The first-order valence-corrected chi connectivity index (χ1v) is 14.2. The Hall–Kier alpha value is -2.93. The first kappa shape index (κ1) is 24.8. The Morgan fingerprint density at radius 2 is 1.94 bits per heavy atom. The van der Waals surface area contributed by atoms with E-state index in [9.17, 15) is 8.42 Å². The Labute approximate surface area is 214 Å². The standard InChI is InChI=1S/C24H28N6O4S2/c1-16-13-22(30-23(25-16)26-24(27-30)35-4)34-15-17-14-29(11-12-33-17)36(31,32)21-10-6-7-18-19(21)8-5-9-20(18)28(2)3/h5-10,13,17H,11-12,14-15H2,1-4H3. The molecule has 0 spiro atoms. The fraction of sp³-hybridized carbons (Fsp3) is 0.375.